The van der Waals surface area contributed by atoms with Crippen LogP contribution in [0.1, 0.15) is 16.1 Å². The van der Waals surface area contributed by atoms with E-state index in [9.17, 15) is 14.0 Å². The summed E-state index contributed by atoms with van der Waals surface area (Å²) < 4.78 is 21.0. The maximum absolute atomic E-state index is 13.8. The fraction of sp³-hybridized carbons (Fsp3) is 0.167. The highest BCUT2D eigenvalue weighted by Gasteiger charge is 2.13. The quantitative estimate of drug-likeness (QED) is 0.374. The van der Waals surface area contributed by atoms with Crippen molar-refractivity contribution in [3.8, 4) is 0 Å². The van der Waals surface area contributed by atoms with Crippen LogP contribution < -0.4 is 10.6 Å². The average molecular weight is 452 g/mol. The number of aromatic nitrogens is 1. The number of para-hydroxylation sites is 1. The third-order valence-corrected chi connectivity index (χ3v) is 5.95. The zero-order valence-corrected chi connectivity index (χ0v) is 18.0. The van der Waals surface area contributed by atoms with E-state index in [-0.39, 0.29) is 17.2 Å². The summed E-state index contributed by atoms with van der Waals surface area (Å²) in [6.45, 7) is 1.22. The van der Waals surface area contributed by atoms with Crippen LogP contribution in [0.3, 0.4) is 0 Å². The van der Waals surface area contributed by atoms with E-state index in [1.807, 2.05) is 41.1 Å². The zero-order chi connectivity index (χ0) is 22.3. The molecule has 0 aliphatic heterocycles. The van der Waals surface area contributed by atoms with Crippen molar-refractivity contribution in [2.24, 2.45) is 0 Å². The van der Waals surface area contributed by atoms with Gasteiger partial charge >= 0.3 is 0 Å². The molecule has 8 heteroatoms. The summed E-state index contributed by atoms with van der Waals surface area (Å²) in [7, 11) is 0. The smallest absolute Gasteiger partial charge is 0.254 e. The lowest BCUT2D eigenvalue weighted by Crippen LogP contribution is -2.27. The minimum absolute atomic E-state index is 0.0293. The van der Waals surface area contributed by atoms with Crippen LogP contribution in [-0.2, 0) is 17.9 Å². The Balaban J connectivity index is 1.36. The molecule has 164 valence electrons. The number of benzene rings is 2. The third kappa shape index (κ3) is 5.20. The summed E-state index contributed by atoms with van der Waals surface area (Å²) in [5.74, 6) is -0.0841. The van der Waals surface area contributed by atoms with E-state index in [0.717, 1.165) is 15.8 Å². The predicted octanol–water partition coefficient (Wildman–Crippen LogP) is 4.21. The van der Waals surface area contributed by atoms with Crippen molar-refractivity contribution >= 4 is 34.5 Å². The fourth-order valence-electron chi connectivity index (χ4n) is 3.34. The van der Waals surface area contributed by atoms with Crippen LogP contribution in [0.5, 0.6) is 0 Å². The first-order valence-corrected chi connectivity index (χ1v) is 11.1. The predicted molar refractivity (Wildman–Crippen MR) is 122 cm³/mol. The lowest BCUT2D eigenvalue weighted by Gasteiger charge is -2.08. The number of nitrogens with one attached hydrogen (secondary N) is 2. The number of carbonyl (C=O) groups is 2. The number of fused-ring (bicyclic) bond motifs is 1. The molecule has 0 spiro atoms. The first-order chi connectivity index (χ1) is 15.6. The second-order valence-electron chi connectivity index (χ2n) is 7.08. The summed E-state index contributed by atoms with van der Waals surface area (Å²) in [5, 5.41) is 6.64. The van der Waals surface area contributed by atoms with Crippen molar-refractivity contribution in [1.29, 1.82) is 0 Å². The molecule has 0 saturated heterocycles. The second kappa shape index (κ2) is 10.2. The van der Waals surface area contributed by atoms with E-state index in [1.54, 1.807) is 24.5 Å². The van der Waals surface area contributed by atoms with Crippen LogP contribution in [0.4, 0.5) is 4.39 Å². The topological polar surface area (TPSA) is 76.3 Å². The van der Waals surface area contributed by atoms with Gasteiger partial charge in [0, 0.05) is 35.1 Å². The highest BCUT2D eigenvalue weighted by atomic mass is 32.2. The van der Waals surface area contributed by atoms with Gasteiger partial charge in [-0.3, -0.25) is 9.59 Å². The summed E-state index contributed by atoms with van der Waals surface area (Å²) in [4.78, 5) is 25.4. The van der Waals surface area contributed by atoms with Crippen LogP contribution in [-0.4, -0.2) is 28.7 Å². The van der Waals surface area contributed by atoms with Gasteiger partial charge in [-0.25, -0.2) is 4.39 Å². The van der Waals surface area contributed by atoms with Crippen molar-refractivity contribution in [3.63, 3.8) is 0 Å². The van der Waals surface area contributed by atoms with Gasteiger partial charge in [-0.1, -0.05) is 30.3 Å². The summed E-state index contributed by atoms with van der Waals surface area (Å²) in [5.41, 5.74) is 1.04. The van der Waals surface area contributed by atoms with Crippen LogP contribution >= 0.6 is 11.8 Å². The molecular weight excluding hydrogens is 429 g/mol. The molecule has 2 N–H and O–H groups in total. The minimum atomic E-state index is -0.541. The van der Waals surface area contributed by atoms with E-state index < -0.39 is 11.7 Å². The Bertz CT molecular complexity index is 1220. The monoisotopic (exact) mass is 451 g/mol. The van der Waals surface area contributed by atoms with Gasteiger partial charge in [0.25, 0.3) is 5.91 Å². The van der Waals surface area contributed by atoms with Crippen LogP contribution in [0, 0.1) is 5.82 Å². The van der Waals surface area contributed by atoms with E-state index in [4.69, 9.17) is 4.42 Å². The number of halogens is 1. The number of carbonyl (C=O) groups excluding carboxylic acids is 2. The normalized spacial score (nSPS) is 10.9. The van der Waals surface area contributed by atoms with Crippen molar-refractivity contribution < 1.29 is 18.4 Å². The zero-order valence-electron chi connectivity index (χ0n) is 17.2. The maximum atomic E-state index is 13.8. The Morgan fingerprint density at radius 1 is 1.00 bits per heavy atom. The molecule has 0 unspecified atom stereocenters. The molecule has 32 heavy (non-hydrogen) atoms. The largest absolute Gasteiger partial charge is 0.467 e. The standard InChI is InChI=1S/C24H22FN3O3S/c25-20-9-3-1-7-18(20)24(30)26-11-12-28-15-22(19-8-2-4-10-21(19)28)32-16-23(29)27-14-17-6-5-13-31-17/h1-10,13,15H,11-12,14,16H2,(H,26,30)(H,27,29). The third-order valence-electron chi connectivity index (χ3n) is 4.91. The van der Waals surface area contributed by atoms with Crippen LogP contribution in [0.25, 0.3) is 10.9 Å². The molecule has 0 atom stereocenters. The minimum Gasteiger partial charge on any atom is -0.467 e. The van der Waals surface area contributed by atoms with E-state index in [0.29, 0.717) is 25.4 Å². The van der Waals surface area contributed by atoms with Crippen molar-refractivity contribution in [2.75, 3.05) is 12.3 Å². The molecule has 0 aliphatic rings. The number of thioether (sulfide) groups is 1. The Morgan fingerprint density at radius 3 is 2.62 bits per heavy atom. The molecule has 0 radical (unpaired) electrons. The number of hydrogen-bond donors (Lipinski definition) is 2. The first-order valence-electron chi connectivity index (χ1n) is 10.1. The summed E-state index contributed by atoms with van der Waals surface area (Å²) in [6, 6.07) is 17.4. The van der Waals surface area contributed by atoms with Gasteiger partial charge in [-0.15, -0.1) is 11.8 Å². The van der Waals surface area contributed by atoms with E-state index in [2.05, 4.69) is 10.6 Å². The highest BCUT2D eigenvalue weighted by Crippen LogP contribution is 2.29. The van der Waals surface area contributed by atoms with E-state index in [1.165, 1.54) is 23.9 Å². The lowest BCUT2D eigenvalue weighted by molar-refractivity contribution is -0.118. The average Bonchev–Trinajstić information content (AvgIpc) is 3.45. The Kier molecular flexibility index (Phi) is 6.91. The SMILES string of the molecule is O=C(CSc1cn(CCNC(=O)c2ccccc2F)c2ccccc12)NCc1ccco1. The molecule has 6 nitrogen and oxygen atoms in total. The van der Waals surface area contributed by atoms with Gasteiger partial charge in [0.05, 0.1) is 24.1 Å². The van der Waals surface area contributed by atoms with Crippen molar-refractivity contribution in [3.05, 3.63) is 90.3 Å². The number of furan rings is 1. The van der Waals surface area contributed by atoms with Crippen LogP contribution in [0.15, 0.2) is 82.4 Å². The molecule has 2 amide bonds. The molecule has 2 aromatic heterocycles. The number of rotatable bonds is 9. The van der Waals surface area contributed by atoms with Crippen LogP contribution in [0.2, 0.25) is 0 Å². The molecule has 2 aromatic carbocycles. The first kappa shape index (κ1) is 21.7. The fourth-order valence-corrected chi connectivity index (χ4v) is 4.26. The van der Waals surface area contributed by atoms with Gasteiger partial charge in [-0.2, -0.15) is 0 Å². The molecule has 0 fully saturated rings. The summed E-state index contributed by atoms with van der Waals surface area (Å²) >= 11 is 1.45. The molecule has 4 aromatic rings. The Labute approximate surface area is 188 Å². The highest BCUT2D eigenvalue weighted by molar-refractivity contribution is 8.00. The maximum Gasteiger partial charge on any atom is 0.254 e. The Morgan fingerprint density at radius 2 is 1.81 bits per heavy atom. The molecular formula is C24H22FN3O3S. The van der Waals surface area contributed by atoms with Gasteiger partial charge in [0.2, 0.25) is 5.91 Å². The molecule has 0 saturated carbocycles. The molecule has 0 bridgehead atoms. The van der Waals surface area contributed by atoms with Gasteiger partial charge < -0.3 is 19.6 Å². The number of hydrogen-bond acceptors (Lipinski definition) is 4. The van der Waals surface area contributed by atoms with Gasteiger partial charge in [-0.05, 0) is 30.3 Å². The number of nitrogens with zero attached hydrogens (tertiary/aromatic N) is 1. The van der Waals surface area contributed by atoms with Gasteiger partial charge in [0.15, 0.2) is 0 Å². The molecule has 0 aliphatic carbocycles. The van der Waals surface area contributed by atoms with E-state index >= 15 is 0 Å². The number of amides is 2. The van der Waals surface area contributed by atoms with Crippen molar-refractivity contribution in [1.82, 2.24) is 15.2 Å². The second-order valence-corrected chi connectivity index (χ2v) is 8.10. The summed E-state index contributed by atoms with van der Waals surface area (Å²) in [6.07, 6.45) is 3.55. The van der Waals surface area contributed by atoms with Crippen molar-refractivity contribution in [2.45, 2.75) is 18.0 Å². The lowest BCUT2D eigenvalue weighted by atomic mass is 10.2. The van der Waals surface area contributed by atoms with Gasteiger partial charge in [0.1, 0.15) is 11.6 Å². The molecule has 4 rings (SSSR count). The molecule has 2 heterocycles. The Hall–Kier alpha value is -3.52.